The van der Waals surface area contributed by atoms with Crippen molar-refractivity contribution < 1.29 is 19.1 Å². The van der Waals surface area contributed by atoms with Crippen molar-refractivity contribution in [1.82, 2.24) is 0 Å². The average Bonchev–Trinajstić information content (AvgIpc) is 2.59. The summed E-state index contributed by atoms with van der Waals surface area (Å²) < 4.78 is 10.5. The summed E-state index contributed by atoms with van der Waals surface area (Å²) in [5.41, 5.74) is 0. The molecule has 0 heterocycles. The van der Waals surface area contributed by atoms with E-state index in [1.54, 1.807) is 0 Å². The zero-order chi connectivity index (χ0) is 18.8. The second-order valence-corrected chi connectivity index (χ2v) is 7.06. The number of ether oxygens (including phenoxy) is 2. The lowest BCUT2D eigenvalue weighted by atomic mass is 10.1. The van der Waals surface area contributed by atoms with Gasteiger partial charge in [-0.25, -0.2) is 0 Å². The first kappa shape index (κ1) is 24.2. The number of rotatable bonds is 17. The molecule has 25 heavy (non-hydrogen) atoms. The Morgan fingerprint density at radius 3 is 2.12 bits per heavy atom. The van der Waals surface area contributed by atoms with Crippen molar-refractivity contribution in [1.29, 1.82) is 0 Å². The second kappa shape index (κ2) is 18.0. The summed E-state index contributed by atoms with van der Waals surface area (Å²) in [4.78, 5) is 23.3. The lowest BCUT2D eigenvalue weighted by Crippen LogP contribution is -2.16. The minimum absolute atomic E-state index is 0.0702. The monoisotopic (exact) mass is 376 g/mol. The number of hydrogen-bond donors (Lipinski definition) is 0. The molecule has 1 unspecified atom stereocenters. The summed E-state index contributed by atoms with van der Waals surface area (Å²) in [6, 6.07) is 0. The van der Waals surface area contributed by atoms with E-state index in [0.717, 1.165) is 44.4 Å². The van der Waals surface area contributed by atoms with Crippen molar-refractivity contribution in [2.45, 2.75) is 103 Å². The van der Waals surface area contributed by atoms with E-state index >= 15 is 0 Å². The summed E-state index contributed by atoms with van der Waals surface area (Å²) in [6.07, 6.45) is 12.2. The van der Waals surface area contributed by atoms with E-state index in [1.807, 2.05) is 6.92 Å². The molecule has 0 aliphatic heterocycles. The zero-order valence-electron chi connectivity index (χ0n) is 16.2. The number of esters is 2. The largest absolute Gasteiger partial charge is 0.466 e. The number of carbonyl (C=O) groups excluding carboxylic acids is 2. The van der Waals surface area contributed by atoms with Gasteiger partial charge in [-0.1, -0.05) is 51.9 Å². The van der Waals surface area contributed by atoms with Crippen LogP contribution in [0.3, 0.4) is 0 Å². The Hall–Kier alpha value is -0.770. The van der Waals surface area contributed by atoms with E-state index in [4.69, 9.17) is 21.1 Å². The van der Waals surface area contributed by atoms with Crippen LogP contribution in [0.5, 0.6) is 0 Å². The molecule has 0 aliphatic rings. The molecule has 148 valence electrons. The maximum atomic E-state index is 11.7. The molecule has 0 aromatic heterocycles. The van der Waals surface area contributed by atoms with Gasteiger partial charge in [0.25, 0.3) is 0 Å². The molecule has 0 aliphatic carbocycles. The molecule has 0 aromatic carbocycles. The van der Waals surface area contributed by atoms with Crippen molar-refractivity contribution in [3.05, 3.63) is 0 Å². The third kappa shape index (κ3) is 17.8. The smallest absolute Gasteiger partial charge is 0.306 e. The zero-order valence-corrected chi connectivity index (χ0v) is 17.0. The van der Waals surface area contributed by atoms with E-state index < -0.39 is 0 Å². The Kier molecular flexibility index (Phi) is 17.5. The van der Waals surface area contributed by atoms with E-state index in [0.29, 0.717) is 6.61 Å². The quantitative estimate of drug-likeness (QED) is 0.183. The summed E-state index contributed by atoms with van der Waals surface area (Å²) in [5, 5.41) is 0. The van der Waals surface area contributed by atoms with Crippen LogP contribution in [0.4, 0.5) is 0 Å². The standard InChI is InChI=1S/C20H37ClO4/c1-3-4-5-10-13-18(2)25-20(23)15-14-19(22)24-17-12-9-7-6-8-11-16-21/h18H,3-17H2,1-2H3. The van der Waals surface area contributed by atoms with Gasteiger partial charge < -0.3 is 9.47 Å². The molecule has 0 radical (unpaired) electrons. The topological polar surface area (TPSA) is 52.6 Å². The van der Waals surface area contributed by atoms with Gasteiger partial charge in [0.2, 0.25) is 0 Å². The van der Waals surface area contributed by atoms with Crippen molar-refractivity contribution in [2.24, 2.45) is 0 Å². The van der Waals surface area contributed by atoms with Gasteiger partial charge >= 0.3 is 11.9 Å². The number of alkyl halides is 1. The minimum atomic E-state index is -0.310. The number of carbonyl (C=O) groups is 2. The molecule has 0 saturated heterocycles. The highest BCUT2D eigenvalue weighted by molar-refractivity contribution is 6.17. The molecule has 0 fully saturated rings. The lowest BCUT2D eigenvalue weighted by molar-refractivity contribution is -0.153. The van der Waals surface area contributed by atoms with Crippen LogP contribution in [0.15, 0.2) is 0 Å². The van der Waals surface area contributed by atoms with Gasteiger partial charge in [-0.2, -0.15) is 0 Å². The Morgan fingerprint density at radius 1 is 0.840 bits per heavy atom. The first-order chi connectivity index (χ1) is 12.1. The molecule has 0 N–H and O–H groups in total. The average molecular weight is 377 g/mol. The molecule has 5 heteroatoms. The van der Waals surface area contributed by atoms with E-state index in [9.17, 15) is 9.59 Å². The van der Waals surface area contributed by atoms with Crippen LogP contribution in [-0.2, 0) is 19.1 Å². The van der Waals surface area contributed by atoms with Crippen LogP contribution >= 0.6 is 11.6 Å². The van der Waals surface area contributed by atoms with Gasteiger partial charge in [0.05, 0.1) is 25.6 Å². The second-order valence-electron chi connectivity index (χ2n) is 6.68. The molecular formula is C20H37ClO4. The molecule has 0 amide bonds. The Labute approximate surface area is 159 Å². The summed E-state index contributed by atoms with van der Waals surface area (Å²) in [6.45, 7) is 4.53. The van der Waals surface area contributed by atoms with Gasteiger partial charge in [0.15, 0.2) is 0 Å². The molecule has 0 bridgehead atoms. The Morgan fingerprint density at radius 2 is 1.44 bits per heavy atom. The van der Waals surface area contributed by atoms with E-state index in [2.05, 4.69) is 6.92 Å². The highest BCUT2D eigenvalue weighted by Crippen LogP contribution is 2.10. The van der Waals surface area contributed by atoms with Gasteiger partial charge in [-0.3, -0.25) is 9.59 Å². The van der Waals surface area contributed by atoms with Gasteiger partial charge in [-0.15, -0.1) is 11.6 Å². The predicted molar refractivity (Wildman–Crippen MR) is 103 cm³/mol. The maximum absolute atomic E-state index is 11.7. The molecule has 0 saturated carbocycles. The number of unbranched alkanes of at least 4 members (excludes halogenated alkanes) is 8. The first-order valence-electron chi connectivity index (χ1n) is 10.0. The van der Waals surface area contributed by atoms with Crippen LogP contribution in [0.1, 0.15) is 97.3 Å². The minimum Gasteiger partial charge on any atom is -0.466 e. The van der Waals surface area contributed by atoms with Crippen LogP contribution in [-0.4, -0.2) is 30.5 Å². The van der Waals surface area contributed by atoms with Crippen molar-refractivity contribution >= 4 is 23.5 Å². The number of hydrogen-bond acceptors (Lipinski definition) is 4. The molecule has 0 aromatic rings. The first-order valence-corrected chi connectivity index (χ1v) is 10.5. The summed E-state index contributed by atoms with van der Waals surface area (Å²) in [5.74, 6) is 0.117. The SMILES string of the molecule is CCCCCCC(C)OC(=O)CCC(=O)OCCCCCCCCCl. The summed E-state index contributed by atoms with van der Waals surface area (Å²) >= 11 is 5.62. The van der Waals surface area contributed by atoms with Crippen molar-refractivity contribution in [3.63, 3.8) is 0 Å². The third-order valence-corrected chi connectivity index (χ3v) is 4.39. The van der Waals surface area contributed by atoms with E-state index in [-0.39, 0.29) is 30.9 Å². The molecule has 1 atom stereocenters. The normalized spacial score (nSPS) is 12.0. The van der Waals surface area contributed by atoms with Crippen LogP contribution in [0.25, 0.3) is 0 Å². The Balaban J connectivity index is 3.49. The molecule has 0 rings (SSSR count). The van der Waals surface area contributed by atoms with Gasteiger partial charge in [0.1, 0.15) is 0 Å². The van der Waals surface area contributed by atoms with E-state index in [1.165, 1.54) is 32.1 Å². The fraction of sp³-hybridized carbons (Fsp3) is 0.900. The van der Waals surface area contributed by atoms with Crippen molar-refractivity contribution in [3.8, 4) is 0 Å². The van der Waals surface area contributed by atoms with Crippen LogP contribution < -0.4 is 0 Å². The fourth-order valence-electron chi connectivity index (χ4n) is 2.57. The predicted octanol–water partition coefficient (Wildman–Crippen LogP) is 5.79. The molecule has 0 spiro atoms. The van der Waals surface area contributed by atoms with Crippen molar-refractivity contribution in [2.75, 3.05) is 12.5 Å². The highest BCUT2D eigenvalue weighted by atomic mass is 35.5. The fourth-order valence-corrected chi connectivity index (χ4v) is 2.76. The van der Waals surface area contributed by atoms with Gasteiger partial charge in [0, 0.05) is 5.88 Å². The third-order valence-electron chi connectivity index (χ3n) is 4.12. The van der Waals surface area contributed by atoms with Crippen LogP contribution in [0.2, 0.25) is 0 Å². The molecule has 4 nitrogen and oxygen atoms in total. The highest BCUT2D eigenvalue weighted by Gasteiger charge is 2.12. The maximum Gasteiger partial charge on any atom is 0.306 e. The van der Waals surface area contributed by atoms with Gasteiger partial charge in [-0.05, 0) is 32.6 Å². The Bertz CT molecular complexity index is 334. The van der Waals surface area contributed by atoms with Crippen LogP contribution in [0, 0.1) is 0 Å². The molecular weight excluding hydrogens is 340 g/mol. The number of halogens is 1. The lowest BCUT2D eigenvalue weighted by Gasteiger charge is -2.13. The summed E-state index contributed by atoms with van der Waals surface area (Å²) in [7, 11) is 0.